The molecule has 4 fully saturated rings. The summed E-state index contributed by atoms with van der Waals surface area (Å²) in [6.45, 7) is 9.80. The molecule has 2 aromatic rings. The highest BCUT2D eigenvalue weighted by molar-refractivity contribution is 5.66. The molecule has 0 unspecified atom stereocenters. The highest BCUT2D eigenvalue weighted by atomic mass is 16.8. The summed E-state index contributed by atoms with van der Waals surface area (Å²) in [7, 11) is 0. The maximum absolute atomic E-state index is 13.5. The lowest BCUT2D eigenvalue weighted by Gasteiger charge is -2.64. The van der Waals surface area contributed by atoms with Crippen LogP contribution < -0.4 is 0 Å². The fourth-order valence-electron chi connectivity index (χ4n) is 7.68. The van der Waals surface area contributed by atoms with Crippen molar-refractivity contribution in [2.75, 3.05) is 13.2 Å². The number of rotatable bonds is 7. The third-order valence-electron chi connectivity index (χ3n) is 9.51. The fourth-order valence-corrected chi connectivity index (χ4v) is 7.68. The van der Waals surface area contributed by atoms with Crippen molar-refractivity contribution in [1.82, 2.24) is 0 Å². The van der Waals surface area contributed by atoms with Crippen LogP contribution in [0.2, 0.25) is 0 Å². The number of aldehydes is 1. The predicted molar refractivity (Wildman–Crippen MR) is 144 cm³/mol. The van der Waals surface area contributed by atoms with Crippen molar-refractivity contribution >= 4 is 6.29 Å². The zero-order valence-corrected chi connectivity index (χ0v) is 23.4. The van der Waals surface area contributed by atoms with E-state index in [1.54, 1.807) is 0 Å². The molecule has 2 saturated carbocycles. The first kappa shape index (κ1) is 27.1. The van der Waals surface area contributed by atoms with Crippen LogP contribution in [0.1, 0.15) is 58.1 Å². The number of benzene rings is 2. The molecule has 2 saturated heterocycles. The largest absolute Gasteiger partial charge is 0.370 e. The van der Waals surface area contributed by atoms with E-state index >= 15 is 0 Å². The lowest BCUT2D eigenvalue weighted by molar-refractivity contribution is -0.349. The second-order valence-corrected chi connectivity index (χ2v) is 12.5. The molecular formula is C32H40O7. The molecule has 0 bridgehead atoms. The summed E-state index contributed by atoms with van der Waals surface area (Å²) >= 11 is 0. The third kappa shape index (κ3) is 4.48. The van der Waals surface area contributed by atoms with Crippen LogP contribution in [0.25, 0.3) is 0 Å². The van der Waals surface area contributed by atoms with E-state index in [9.17, 15) is 4.79 Å². The zero-order chi connectivity index (χ0) is 27.4. The first-order valence-electron chi connectivity index (χ1n) is 14.1. The topological polar surface area (TPSA) is 72.5 Å². The Morgan fingerprint density at radius 2 is 1.46 bits per heavy atom. The summed E-state index contributed by atoms with van der Waals surface area (Å²) < 4.78 is 39.4. The van der Waals surface area contributed by atoms with Gasteiger partial charge in [0, 0.05) is 17.8 Å². The number of hydrogen-bond acceptors (Lipinski definition) is 7. The van der Waals surface area contributed by atoms with Crippen molar-refractivity contribution in [3.63, 3.8) is 0 Å². The Labute approximate surface area is 231 Å². The third-order valence-corrected chi connectivity index (χ3v) is 9.51. The second kappa shape index (κ2) is 9.75. The van der Waals surface area contributed by atoms with Crippen molar-refractivity contribution in [2.24, 2.45) is 11.3 Å². The summed E-state index contributed by atoms with van der Waals surface area (Å²) in [5.41, 5.74) is -0.400. The summed E-state index contributed by atoms with van der Waals surface area (Å²) in [4.78, 5) is 13.5. The first-order chi connectivity index (χ1) is 18.6. The molecule has 0 N–H and O–H groups in total. The van der Waals surface area contributed by atoms with Crippen LogP contribution in [0.5, 0.6) is 0 Å². The van der Waals surface area contributed by atoms with Gasteiger partial charge < -0.3 is 33.2 Å². The zero-order valence-electron chi connectivity index (χ0n) is 23.4. The minimum absolute atomic E-state index is 0.168. The molecule has 1 spiro atoms. The van der Waals surface area contributed by atoms with Gasteiger partial charge in [-0.05, 0) is 44.7 Å². The van der Waals surface area contributed by atoms with E-state index in [0.717, 1.165) is 17.4 Å². The van der Waals surface area contributed by atoms with Crippen LogP contribution in [-0.4, -0.2) is 54.5 Å². The van der Waals surface area contributed by atoms with Crippen molar-refractivity contribution in [1.29, 1.82) is 0 Å². The highest BCUT2D eigenvalue weighted by Crippen LogP contribution is 2.66. The average molecular weight is 537 g/mol. The minimum Gasteiger partial charge on any atom is -0.370 e. The SMILES string of the molecule is CC1(C)O[C@H]2C[C@@]3(C)[C@@H](C[C@@]2(C)O1)[C@@](C=O)(OCc1ccccc1)[C@H](OCc1ccccc1)CC31OCCO1. The van der Waals surface area contributed by atoms with Crippen molar-refractivity contribution in [3.05, 3.63) is 71.8 Å². The van der Waals surface area contributed by atoms with Crippen molar-refractivity contribution in [2.45, 2.75) is 95.2 Å². The van der Waals surface area contributed by atoms with E-state index < -0.39 is 34.3 Å². The normalized spacial score (nSPS) is 38.3. The van der Waals surface area contributed by atoms with Crippen LogP contribution in [0.3, 0.4) is 0 Å². The van der Waals surface area contributed by atoms with Crippen molar-refractivity contribution < 1.29 is 33.2 Å². The molecular weight excluding hydrogens is 496 g/mol. The van der Waals surface area contributed by atoms with Gasteiger partial charge in [-0.1, -0.05) is 67.6 Å². The van der Waals surface area contributed by atoms with Gasteiger partial charge in [-0.3, -0.25) is 0 Å². The maximum atomic E-state index is 13.5. The first-order valence-corrected chi connectivity index (χ1v) is 14.1. The fraction of sp³-hybridized carbons (Fsp3) is 0.594. The van der Waals surface area contributed by atoms with Crippen LogP contribution in [0.4, 0.5) is 0 Å². The van der Waals surface area contributed by atoms with E-state index in [1.807, 2.05) is 74.5 Å². The van der Waals surface area contributed by atoms with E-state index in [4.69, 9.17) is 28.4 Å². The van der Waals surface area contributed by atoms with Crippen LogP contribution in [-0.2, 0) is 46.4 Å². The molecule has 6 atom stereocenters. The average Bonchev–Trinajstić information content (AvgIpc) is 3.49. The Bertz CT molecular complexity index is 1160. The predicted octanol–water partition coefficient (Wildman–Crippen LogP) is 5.20. The number of hydrogen-bond donors (Lipinski definition) is 0. The van der Waals surface area contributed by atoms with E-state index in [1.165, 1.54) is 0 Å². The molecule has 2 heterocycles. The highest BCUT2D eigenvalue weighted by Gasteiger charge is 2.75. The molecule has 4 aliphatic rings. The van der Waals surface area contributed by atoms with Gasteiger partial charge in [-0.2, -0.15) is 0 Å². The smallest absolute Gasteiger partial charge is 0.176 e. The molecule has 39 heavy (non-hydrogen) atoms. The van der Waals surface area contributed by atoms with Gasteiger partial charge >= 0.3 is 0 Å². The molecule has 2 aliphatic heterocycles. The van der Waals surface area contributed by atoms with Gasteiger partial charge in [0.2, 0.25) is 0 Å². The van der Waals surface area contributed by atoms with Gasteiger partial charge in [-0.15, -0.1) is 0 Å². The quantitative estimate of drug-likeness (QED) is 0.451. The minimum atomic E-state index is -1.25. The van der Waals surface area contributed by atoms with E-state index in [2.05, 4.69) is 13.8 Å². The van der Waals surface area contributed by atoms with Crippen LogP contribution in [0.15, 0.2) is 60.7 Å². The number of carbonyl (C=O) groups is 1. The summed E-state index contributed by atoms with van der Waals surface area (Å²) in [6, 6.07) is 20.0. The molecule has 7 nitrogen and oxygen atoms in total. The van der Waals surface area contributed by atoms with Gasteiger partial charge in [0.15, 0.2) is 23.5 Å². The van der Waals surface area contributed by atoms with Gasteiger partial charge in [0.25, 0.3) is 0 Å². The Hall–Kier alpha value is -2.13. The van der Waals surface area contributed by atoms with Gasteiger partial charge in [0.05, 0.1) is 44.2 Å². The summed E-state index contributed by atoms with van der Waals surface area (Å²) in [6.07, 6.45) is 1.77. The lowest BCUT2D eigenvalue weighted by Crippen LogP contribution is -2.74. The van der Waals surface area contributed by atoms with E-state index in [-0.39, 0.29) is 18.6 Å². The van der Waals surface area contributed by atoms with Crippen LogP contribution in [0, 0.1) is 11.3 Å². The Morgan fingerprint density at radius 1 is 0.846 bits per heavy atom. The number of carbonyl (C=O) groups excluding carboxylic acids is 1. The molecule has 210 valence electrons. The molecule has 7 heteroatoms. The summed E-state index contributed by atoms with van der Waals surface area (Å²) in [5, 5.41) is 0. The van der Waals surface area contributed by atoms with E-state index in [0.29, 0.717) is 39.1 Å². The standard InChI is InChI=1S/C32H40O7/c1-28(2)38-26-18-29(3)25(17-30(26,4)39-28)31(22-33,37-21-24-13-9-6-10-14-24)27(19-32(29)35-15-16-36-32)34-20-23-11-7-5-8-12-23/h5-14,22,25-27H,15-21H2,1-4H3/t25-,26+,27-,29+,30-,31-/m1/s1. The molecule has 2 aromatic carbocycles. The Kier molecular flexibility index (Phi) is 6.77. The number of fused-ring (bicyclic) bond motifs is 3. The molecule has 0 amide bonds. The molecule has 6 rings (SSSR count). The Balaban J connectivity index is 1.43. The second-order valence-electron chi connectivity index (χ2n) is 12.5. The molecule has 0 radical (unpaired) electrons. The van der Waals surface area contributed by atoms with Gasteiger partial charge in [-0.25, -0.2) is 0 Å². The maximum Gasteiger partial charge on any atom is 0.176 e. The molecule has 2 aliphatic carbocycles. The summed E-state index contributed by atoms with van der Waals surface area (Å²) in [5.74, 6) is -1.96. The van der Waals surface area contributed by atoms with Crippen LogP contribution >= 0.6 is 0 Å². The van der Waals surface area contributed by atoms with Gasteiger partial charge in [0.1, 0.15) is 0 Å². The Morgan fingerprint density at radius 3 is 2.08 bits per heavy atom. The number of ether oxygens (including phenoxy) is 6. The molecule has 0 aromatic heterocycles. The van der Waals surface area contributed by atoms with Crippen molar-refractivity contribution in [3.8, 4) is 0 Å². The monoisotopic (exact) mass is 536 g/mol. The lowest BCUT2D eigenvalue weighted by atomic mass is 9.48.